The van der Waals surface area contributed by atoms with Crippen LogP contribution in [-0.2, 0) is 6.54 Å². The molecule has 1 aliphatic rings. The number of aryl methyl sites for hydroxylation is 1. The summed E-state index contributed by atoms with van der Waals surface area (Å²) < 4.78 is 0. The monoisotopic (exact) mass is 233 g/mol. The van der Waals surface area contributed by atoms with Gasteiger partial charge in [0.2, 0.25) is 0 Å². The molecular formula is C15H23NO. The number of phenols is 1. The molecule has 17 heavy (non-hydrogen) atoms. The molecule has 0 aromatic heterocycles. The van der Waals surface area contributed by atoms with Crippen molar-refractivity contribution < 1.29 is 5.11 Å². The molecule has 0 radical (unpaired) electrons. The van der Waals surface area contributed by atoms with Crippen LogP contribution in [0.25, 0.3) is 0 Å². The highest BCUT2D eigenvalue weighted by atomic mass is 16.3. The van der Waals surface area contributed by atoms with E-state index in [-0.39, 0.29) is 0 Å². The number of benzene rings is 1. The molecule has 0 bridgehead atoms. The summed E-state index contributed by atoms with van der Waals surface area (Å²) in [5.41, 5.74) is 2.75. The van der Waals surface area contributed by atoms with E-state index in [0.29, 0.717) is 11.2 Å². The molecule has 0 atom stereocenters. The molecule has 0 amide bonds. The van der Waals surface area contributed by atoms with E-state index < -0.39 is 0 Å². The molecule has 1 fully saturated rings. The van der Waals surface area contributed by atoms with E-state index in [4.69, 9.17) is 0 Å². The van der Waals surface area contributed by atoms with Crippen LogP contribution in [-0.4, -0.2) is 11.7 Å². The average Bonchev–Trinajstić information content (AvgIpc) is 2.27. The van der Waals surface area contributed by atoms with E-state index in [0.717, 1.165) is 18.7 Å². The van der Waals surface area contributed by atoms with Crippen LogP contribution >= 0.6 is 0 Å². The number of aromatic hydroxyl groups is 1. The van der Waals surface area contributed by atoms with Gasteiger partial charge in [-0.25, -0.2) is 0 Å². The fraction of sp³-hybridized carbons (Fsp3) is 0.600. The van der Waals surface area contributed by atoms with E-state index in [9.17, 15) is 5.11 Å². The third-order valence-electron chi connectivity index (χ3n) is 4.21. The molecule has 2 nitrogen and oxygen atoms in total. The minimum Gasteiger partial charge on any atom is -0.508 e. The molecule has 94 valence electrons. The molecule has 2 N–H and O–H groups in total. The van der Waals surface area contributed by atoms with Crippen LogP contribution in [0.5, 0.6) is 5.75 Å². The lowest BCUT2D eigenvalue weighted by molar-refractivity contribution is 0.123. The van der Waals surface area contributed by atoms with E-state index in [1.807, 2.05) is 6.07 Å². The Labute approximate surface area is 104 Å². The van der Waals surface area contributed by atoms with Crippen molar-refractivity contribution in [1.29, 1.82) is 0 Å². The second-order valence-electron chi connectivity index (χ2n) is 5.44. The molecule has 2 rings (SSSR count). The predicted octanol–water partition coefficient (Wildman–Crippen LogP) is 3.37. The first-order valence-electron chi connectivity index (χ1n) is 6.64. The maximum atomic E-state index is 9.75. The molecule has 1 saturated carbocycles. The van der Waals surface area contributed by atoms with Gasteiger partial charge in [0, 0.05) is 18.7 Å². The van der Waals surface area contributed by atoms with E-state index in [2.05, 4.69) is 25.2 Å². The SMILES string of the molecule is CCC1(CNCc2cc(C)ccc2O)CCC1. The second-order valence-corrected chi connectivity index (χ2v) is 5.44. The summed E-state index contributed by atoms with van der Waals surface area (Å²) in [5, 5.41) is 13.3. The number of nitrogens with one attached hydrogen (secondary N) is 1. The molecule has 0 spiro atoms. The number of hydrogen-bond acceptors (Lipinski definition) is 2. The van der Waals surface area contributed by atoms with Crippen molar-refractivity contribution in [3.8, 4) is 5.75 Å². The molecule has 1 aromatic carbocycles. The highest BCUT2D eigenvalue weighted by Gasteiger charge is 2.34. The van der Waals surface area contributed by atoms with Gasteiger partial charge in [-0.3, -0.25) is 0 Å². The Morgan fingerprint density at radius 3 is 2.71 bits per heavy atom. The van der Waals surface area contributed by atoms with Crippen molar-refractivity contribution in [3.05, 3.63) is 29.3 Å². The van der Waals surface area contributed by atoms with Gasteiger partial charge < -0.3 is 10.4 Å². The van der Waals surface area contributed by atoms with Gasteiger partial charge in [0.05, 0.1) is 0 Å². The predicted molar refractivity (Wildman–Crippen MR) is 71.1 cm³/mol. The summed E-state index contributed by atoms with van der Waals surface area (Å²) in [7, 11) is 0. The normalized spacial score (nSPS) is 17.8. The Balaban J connectivity index is 1.87. The van der Waals surface area contributed by atoms with Gasteiger partial charge >= 0.3 is 0 Å². The Morgan fingerprint density at radius 2 is 2.12 bits per heavy atom. The van der Waals surface area contributed by atoms with Crippen LogP contribution in [0.1, 0.15) is 43.7 Å². The highest BCUT2D eigenvalue weighted by Crippen LogP contribution is 2.43. The van der Waals surface area contributed by atoms with Gasteiger partial charge in [-0.2, -0.15) is 0 Å². The molecule has 0 unspecified atom stereocenters. The average molecular weight is 233 g/mol. The molecule has 1 aliphatic carbocycles. The van der Waals surface area contributed by atoms with Gasteiger partial charge in [-0.1, -0.05) is 31.0 Å². The zero-order valence-corrected chi connectivity index (χ0v) is 10.9. The first-order chi connectivity index (χ1) is 8.15. The summed E-state index contributed by atoms with van der Waals surface area (Å²) in [6.07, 6.45) is 5.36. The van der Waals surface area contributed by atoms with Gasteiger partial charge in [0.15, 0.2) is 0 Å². The van der Waals surface area contributed by atoms with Crippen molar-refractivity contribution in [2.75, 3.05) is 6.54 Å². The number of hydrogen-bond donors (Lipinski definition) is 2. The Morgan fingerprint density at radius 1 is 1.35 bits per heavy atom. The summed E-state index contributed by atoms with van der Waals surface area (Å²) >= 11 is 0. The smallest absolute Gasteiger partial charge is 0.120 e. The second kappa shape index (κ2) is 5.09. The lowest BCUT2D eigenvalue weighted by Gasteiger charge is -2.41. The van der Waals surface area contributed by atoms with Gasteiger partial charge in [-0.05, 0) is 37.7 Å². The van der Waals surface area contributed by atoms with Crippen molar-refractivity contribution in [3.63, 3.8) is 0 Å². The van der Waals surface area contributed by atoms with Gasteiger partial charge in [0.25, 0.3) is 0 Å². The van der Waals surface area contributed by atoms with Crippen LogP contribution < -0.4 is 5.32 Å². The summed E-state index contributed by atoms with van der Waals surface area (Å²) in [5.74, 6) is 0.405. The van der Waals surface area contributed by atoms with Crippen molar-refractivity contribution in [1.82, 2.24) is 5.32 Å². The topological polar surface area (TPSA) is 32.3 Å². The first-order valence-corrected chi connectivity index (χ1v) is 6.64. The zero-order valence-electron chi connectivity index (χ0n) is 10.9. The molecule has 0 aliphatic heterocycles. The lowest BCUT2D eigenvalue weighted by Crippen LogP contribution is -2.39. The first kappa shape index (κ1) is 12.4. The molecule has 2 heteroatoms. The Hall–Kier alpha value is -1.02. The van der Waals surface area contributed by atoms with Gasteiger partial charge in [-0.15, -0.1) is 0 Å². The molecule has 1 aromatic rings. The van der Waals surface area contributed by atoms with Crippen molar-refractivity contribution in [2.45, 2.75) is 46.1 Å². The fourth-order valence-corrected chi connectivity index (χ4v) is 2.65. The van der Waals surface area contributed by atoms with Crippen LogP contribution in [0.3, 0.4) is 0 Å². The van der Waals surface area contributed by atoms with E-state index >= 15 is 0 Å². The van der Waals surface area contributed by atoms with Crippen LogP contribution in [0.2, 0.25) is 0 Å². The zero-order chi connectivity index (χ0) is 12.3. The van der Waals surface area contributed by atoms with Crippen LogP contribution in [0.4, 0.5) is 0 Å². The van der Waals surface area contributed by atoms with Crippen LogP contribution in [0.15, 0.2) is 18.2 Å². The quantitative estimate of drug-likeness (QED) is 0.817. The standard InChI is InChI=1S/C15H23NO/c1-3-15(7-4-8-15)11-16-10-13-9-12(2)5-6-14(13)17/h5-6,9,16-17H,3-4,7-8,10-11H2,1-2H3. The maximum absolute atomic E-state index is 9.75. The highest BCUT2D eigenvalue weighted by molar-refractivity contribution is 5.35. The summed E-state index contributed by atoms with van der Waals surface area (Å²) in [6.45, 7) is 6.19. The molecule has 0 heterocycles. The Bertz CT molecular complexity index is 377. The van der Waals surface area contributed by atoms with Crippen molar-refractivity contribution in [2.24, 2.45) is 5.41 Å². The van der Waals surface area contributed by atoms with Crippen molar-refractivity contribution >= 4 is 0 Å². The Kier molecular flexibility index (Phi) is 3.72. The molecule has 0 saturated heterocycles. The summed E-state index contributed by atoms with van der Waals surface area (Å²) in [6, 6.07) is 5.78. The minimum absolute atomic E-state index is 0.405. The third kappa shape index (κ3) is 2.81. The summed E-state index contributed by atoms with van der Waals surface area (Å²) in [4.78, 5) is 0. The number of phenolic OH excluding ortho intramolecular Hbond substituents is 1. The van der Waals surface area contributed by atoms with E-state index in [1.165, 1.54) is 31.2 Å². The maximum Gasteiger partial charge on any atom is 0.120 e. The minimum atomic E-state index is 0.405. The van der Waals surface area contributed by atoms with Gasteiger partial charge in [0.1, 0.15) is 5.75 Å². The largest absolute Gasteiger partial charge is 0.508 e. The third-order valence-corrected chi connectivity index (χ3v) is 4.21. The fourth-order valence-electron chi connectivity index (χ4n) is 2.65. The van der Waals surface area contributed by atoms with Crippen LogP contribution in [0, 0.1) is 12.3 Å². The lowest BCUT2D eigenvalue weighted by atomic mass is 9.67. The van der Waals surface area contributed by atoms with E-state index in [1.54, 1.807) is 6.07 Å². The molecular weight excluding hydrogens is 210 g/mol. The number of rotatable bonds is 5.